The number of H-pyrrole nitrogens is 2. The first-order valence-corrected chi connectivity index (χ1v) is 14.9. The smallest absolute Gasteiger partial charge is 0.239 e. The van der Waals surface area contributed by atoms with Gasteiger partial charge < -0.3 is 37.0 Å². The van der Waals surface area contributed by atoms with Crippen molar-refractivity contribution in [3.8, 4) is 0 Å². The normalized spacial score (nSPS) is 17.5. The Morgan fingerprint density at radius 2 is 1.31 bits per heavy atom. The van der Waals surface area contributed by atoms with E-state index in [9.17, 15) is 14.4 Å². The molecule has 2 aromatic carbocycles. The summed E-state index contributed by atoms with van der Waals surface area (Å²) in [6.07, 6.45) is 7.30. The highest BCUT2D eigenvalue weighted by Gasteiger charge is 2.44. The Balaban J connectivity index is 1.21. The van der Waals surface area contributed by atoms with Gasteiger partial charge in [-0.05, 0) is 55.5 Å². The van der Waals surface area contributed by atoms with E-state index in [0.29, 0.717) is 38.9 Å². The third kappa shape index (κ3) is 6.66. The van der Waals surface area contributed by atoms with Crippen LogP contribution < -0.4 is 22.1 Å². The first kappa shape index (κ1) is 29.3. The first-order chi connectivity index (χ1) is 20.5. The number of fused-ring (bicyclic) bond motifs is 2. The van der Waals surface area contributed by atoms with Crippen LogP contribution in [0, 0.1) is 11.8 Å². The fourth-order valence-corrected chi connectivity index (χ4v) is 5.96. The molecule has 3 amide bonds. The topological polar surface area (TPSA) is 162 Å². The molecule has 1 fully saturated rings. The van der Waals surface area contributed by atoms with Crippen molar-refractivity contribution in [1.29, 1.82) is 0 Å². The van der Waals surface area contributed by atoms with E-state index in [2.05, 4.69) is 32.7 Å². The van der Waals surface area contributed by atoms with Gasteiger partial charge in [0.1, 0.15) is 0 Å². The fraction of sp³-hybridized carbons (Fsp3) is 0.406. The number of carbonyl (C=O) groups excluding carboxylic acids is 3. The zero-order chi connectivity index (χ0) is 29.5. The quantitative estimate of drug-likeness (QED) is 0.135. The van der Waals surface area contributed by atoms with Gasteiger partial charge in [-0.1, -0.05) is 42.8 Å². The Hall–Kier alpha value is -4.15. The standard InChI is InChI=1S/C32H41N7O3/c33-14-6-5-9-27(34)32(42)39-19-25(30(40)35-15-12-21-17-37-28-10-3-1-7-23(21)28)26(20-39)31(41)36-16-13-22-18-38-29-11-4-2-8-24(22)29/h1-4,7-8,10-11,17-18,25-27,37-38H,5-6,9,12-16,19-20,33-34H2,(H,35,40)(H,36,41)/t25-,26-,27+/m1/s1. The molecule has 2 aromatic heterocycles. The second-order valence-corrected chi connectivity index (χ2v) is 11.1. The van der Waals surface area contributed by atoms with Gasteiger partial charge >= 0.3 is 0 Å². The van der Waals surface area contributed by atoms with Crippen molar-refractivity contribution in [3.63, 3.8) is 0 Å². The summed E-state index contributed by atoms with van der Waals surface area (Å²) in [5.41, 5.74) is 16.1. The van der Waals surface area contributed by atoms with Gasteiger partial charge in [0.15, 0.2) is 0 Å². The third-order valence-electron chi connectivity index (χ3n) is 8.33. The maximum atomic E-state index is 13.4. The van der Waals surface area contributed by atoms with E-state index >= 15 is 0 Å². The van der Waals surface area contributed by atoms with E-state index in [1.807, 2.05) is 48.8 Å². The molecule has 42 heavy (non-hydrogen) atoms. The number of likely N-dealkylation sites (tertiary alicyclic amines) is 1. The number of carbonyl (C=O) groups is 3. The fourth-order valence-electron chi connectivity index (χ4n) is 5.96. The molecular weight excluding hydrogens is 530 g/mol. The van der Waals surface area contributed by atoms with E-state index in [0.717, 1.165) is 45.8 Å². The zero-order valence-electron chi connectivity index (χ0n) is 23.9. The number of hydrogen-bond donors (Lipinski definition) is 6. The number of benzene rings is 2. The van der Waals surface area contributed by atoms with Crippen molar-refractivity contribution in [2.24, 2.45) is 23.3 Å². The number of amides is 3. The molecule has 4 aromatic rings. The molecule has 1 saturated heterocycles. The molecule has 0 radical (unpaired) electrons. The number of nitrogens with two attached hydrogens (primary N) is 2. The van der Waals surface area contributed by atoms with Gasteiger partial charge in [-0.15, -0.1) is 0 Å². The lowest BCUT2D eigenvalue weighted by Gasteiger charge is -2.20. The van der Waals surface area contributed by atoms with Gasteiger partial charge in [-0.25, -0.2) is 0 Å². The summed E-state index contributed by atoms with van der Waals surface area (Å²) in [5, 5.41) is 8.29. The number of nitrogens with zero attached hydrogens (tertiary/aromatic N) is 1. The van der Waals surface area contributed by atoms with E-state index < -0.39 is 17.9 Å². The van der Waals surface area contributed by atoms with Crippen LogP contribution in [0.25, 0.3) is 21.8 Å². The molecule has 10 nitrogen and oxygen atoms in total. The van der Waals surface area contributed by atoms with Crippen LogP contribution in [0.1, 0.15) is 30.4 Å². The van der Waals surface area contributed by atoms with Crippen LogP contribution >= 0.6 is 0 Å². The number of aromatic amines is 2. The second-order valence-electron chi connectivity index (χ2n) is 11.1. The summed E-state index contributed by atoms with van der Waals surface area (Å²) >= 11 is 0. The molecule has 8 N–H and O–H groups in total. The minimum atomic E-state index is -0.675. The number of aromatic nitrogens is 2. The number of hydrogen-bond acceptors (Lipinski definition) is 5. The first-order valence-electron chi connectivity index (χ1n) is 14.9. The summed E-state index contributed by atoms with van der Waals surface area (Å²) in [4.78, 5) is 48.1. The van der Waals surface area contributed by atoms with E-state index in [4.69, 9.17) is 11.5 Å². The predicted octanol–water partition coefficient (Wildman–Crippen LogP) is 2.20. The Kier molecular flexibility index (Phi) is 9.55. The molecule has 0 spiro atoms. The third-order valence-corrected chi connectivity index (χ3v) is 8.33. The minimum absolute atomic E-state index is 0.170. The minimum Gasteiger partial charge on any atom is -0.361 e. The summed E-state index contributed by atoms with van der Waals surface area (Å²) in [7, 11) is 0. The summed E-state index contributed by atoms with van der Waals surface area (Å²) < 4.78 is 0. The van der Waals surface area contributed by atoms with Gasteiger partial charge in [-0.2, -0.15) is 0 Å². The second kappa shape index (κ2) is 13.7. The van der Waals surface area contributed by atoms with Crippen molar-refractivity contribution in [2.75, 3.05) is 32.7 Å². The highest BCUT2D eigenvalue weighted by atomic mass is 16.2. The van der Waals surface area contributed by atoms with Gasteiger partial charge in [0.05, 0.1) is 17.9 Å². The number of nitrogens with one attached hydrogen (secondary N) is 4. The monoisotopic (exact) mass is 571 g/mol. The molecule has 1 aliphatic heterocycles. The van der Waals surface area contributed by atoms with Crippen LogP contribution in [0.3, 0.4) is 0 Å². The zero-order valence-corrected chi connectivity index (χ0v) is 23.9. The van der Waals surface area contributed by atoms with Crippen molar-refractivity contribution in [2.45, 2.75) is 38.1 Å². The number of para-hydroxylation sites is 2. The Bertz CT molecular complexity index is 1430. The van der Waals surface area contributed by atoms with Crippen molar-refractivity contribution in [1.82, 2.24) is 25.5 Å². The van der Waals surface area contributed by atoms with Gasteiger partial charge in [-0.3, -0.25) is 14.4 Å². The molecule has 222 valence electrons. The van der Waals surface area contributed by atoms with Gasteiger partial charge in [0.2, 0.25) is 17.7 Å². The molecule has 3 atom stereocenters. The Labute approximate surface area is 245 Å². The molecule has 10 heteroatoms. The Morgan fingerprint density at radius 1 is 0.810 bits per heavy atom. The van der Waals surface area contributed by atoms with Crippen LogP contribution in [0.15, 0.2) is 60.9 Å². The molecule has 3 heterocycles. The van der Waals surface area contributed by atoms with Crippen LogP contribution in [-0.4, -0.2) is 71.4 Å². The van der Waals surface area contributed by atoms with Crippen molar-refractivity contribution in [3.05, 3.63) is 72.1 Å². The maximum Gasteiger partial charge on any atom is 0.239 e. The molecule has 5 rings (SSSR count). The lowest BCUT2D eigenvalue weighted by molar-refractivity contribution is -0.132. The van der Waals surface area contributed by atoms with Gasteiger partial charge in [0.25, 0.3) is 0 Å². The average molecular weight is 572 g/mol. The highest BCUT2D eigenvalue weighted by Crippen LogP contribution is 2.26. The lowest BCUT2D eigenvalue weighted by atomic mass is 9.94. The van der Waals surface area contributed by atoms with E-state index in [-0.39, 0.29) is 30.8 Å². The van der Waals surface area contributed by atoms with E-state index in [1.54, 1.807) is 4.90 Å². The average Bonchev–Trinajstić information content (AvgIpc) is 3.74. The Morgan fingerprint density at radius 3 is 1.81 bits per heavy atom. The largest absolute Gasteiger partial charge is 0.361 e. The van der Waals surface area contributed by atoms with Crippen LogP contribution in [0.4, 0.5) is 0 Å². The van der Waals surface area contributed by atoms with Crippen molar-refractivity contribution < 1.29 is 14.4 Å². The number of rotatable bonds is 13. The van der Waals surface area contributed by atoms with Crippen LogP contribution in [0.5, 0.6) is 0 Å². The molecule has 0 bridgehead atoms. The molecular formula is C32H41N7O3. The molecule has 0 saturated carbocycles. The molecule has 1 aliphatic rings. The van der Waals surface area contributed by atoms with Crippen LogP contribution in [0.2, 0.25) is 0 Å². The lowest BCUT2D eigenvalue weighted by Crippen LogP contribution is -2.43. The predicted molar refractivity (Wildman–Crippen MR) is 164 cm³/mol. The number of unbranched alkanes of at least 4 members (excludes halogenated alkanes) is 1. The van der Waals surface area contributed by atoms with E-state index in [1.165, 1.54) is 0 Å². The summed E-state index contributed by atoms with van der Waals surface area (Å²) in [6.45, 7) is 1.75. The highest BCUT2D eigenvalue weighted by molar-refractivity contribution is 5.91. The summed E-state index contributed by atoms with van der Waals surface area (Å²) in [6, 6.07) is 15.4. The molecule has 0 unspecified atom stereocenters. The summed E-state index contributed by atoms with van der Waals surface area (Å²) in [5.74, 6) is -1.97. The maximum absolute atomic E-state index is 13.4. The van der Waals surface area contributed by atoms with Crippen LogP contribution in [-0.2, 0) is 27.2 Å². The van der Waals surface area contributed by atoms with Gasteiger partial charge in [0, 0.05) is 60.4 Å². The molecule has 0 aliphatic carbocycles. The SMILES string of the molecule is NCCCC[C@H](N)C(=O)N1C[C@@H](C(=O)NCCc2c[nH]c3ccccc23)[C@H](C(=O)NCCc2c[nH]c3ccccc23)C1. The van der Waals surface area contributed by atoms with Crippen molar-refractivity contribution >= 4 is 39.5 Å².